The summed E-state index contributed by atoms with van der Waals surface area (Å²) in [5.41, 5.74) is 1.85. The normalized spacial score (nSPS) is 18.7. The van der Waals surface area contributed by atoms with E-state index in [0.29, 0.717) is 19.4 Å². The summed E-state index contributed by atoms with van der Waals surface area (Å²) in [6.45, 7) is 2.04. The van der Waals surface area contributed by atoms with Crippen molar-refractivity contribution in [3.8, 4) is 0 Å². The summed E-state index contributed by atoms with van der Waals surface area (Å²) < 4.78 is 5.85. The molecule has 1 aliphatic rings. The van der Waals surface area contributed by atoms with Crippen LogP contribution in [0, 0.1) is 0 Å². The van der Waals surface area contributed by atoms with Gasteiger partial charge < -0.3 is 4.74 Å². The molecule has 0 saturated heterocycles. The monoisotopic (exact) mass is 296 g/mol. The largest absolute Gasteiger partial charge is 0.465 e. The van der Waals surface area contributed by atoms with E-state index < -0.39 is 11.9 Å². The molecule has 90 valence electrons. The van der Waals surface area contributed by atoms with E-state index in [1.165, 1.54) is 0 Å². The number of fused-ring (bicyclic) bond motifs is 1. The highest BCUT2D eigenvalue weighted by Gasteiger charge is 2.34. The highest BCUT2D eigenvalue weighted by molar-refractivity contribution is 9.10. The van der Waals surface area contributed by atoms with Crippen LogP contribution in [0.2, 0.25) is 0 Å². The summed E-state index contributed by atoms with van der Waals surface area (Å²) in [5, 5.41) is 0. The number of halogens is 1. The number of hydrogen-bond acceptors (Lipinski definition) is 3. The van der Waals surface area contributed by atoms with Gasteiger partial charge in [0.15, 0.2) is 5.78 Å². The Balaban J connectivity index is 2.42. The fourth-order valence-electron chi connectivity index (χ4n) is 2.12. The molecule has 0 bridgehead atoms. The third-order valence-corrected chi connectivity index (χ3v) is 3.40. The number of carbonyl (C=O) groups excluding carboxylic acids is 2. The summed E-state index contributed by atoms with van der Waals surface area (Å²) in [6, 6.07) is 5.73. The summed E-state index contributed by atoms with van der Waals surface area (Å²) in [6.07, 6.45) is 1.12. The second kappa shape index (κ2) is 5.00. The van der Waals surface area contributed by atoms with Crippen LogP contribution >= 0.6 is 15.9 Å². The summed E-state index contributed by atoms with van der Waals surface area (Å²) in [5.74, 6) is -1.22. The SMILES string of the molecule is CCOC(=O)C1C(=O)CCc2ccc(Br)cc21. The number of aryl methyl sites for hydroxylation is 1. The zero-order valence-electron chi connectivity index (χ0n) is 9.53. The molecule has 2 rings (SSSR count). The quantitative estimate of drug-likeness (QED) is 0.622. The molecule has 17 heavy (non-hydrogen) atoms. The van der Waals surface area contributed by atoms with Crippen molar-refractivity contribution >= 4 is 27.7 Å². The Morgan fingerprint density at radius 1 is 1.47 bits per heavy atom. The second-order valence-corrected chi connectivity index (χ2v) is 4.91. The van der Waals surface area contributed by atoms with Gasteiger partial charge in [-0.1, -0.05) is 22.0 Å². The van der Waals surface area contributed by atoms with Crippen LogP contribution in [0.5, 0.6) is 0 Å². The lowest BCUT2D eigenvalue weighted by atomic mass is 9.82. The van der Waals surface area contributed by atoms with Crippen LogP contribution in [0.25, 0.3) is 0 Å². The molecule has 3 nitrogen and oxygen atoms in total. The van der Waals surface area contributed by atoms with Gasteiger partial charge in [0, 0.05) is 10.9 Å². The van der Waals surface area contributed by atoms with Crippen LogP contribution < -0.4 is 0 Å². The Hall–Kier alpha value is -1.16. The highest BCUT2D eigenvalue weighted by atomic mass is 79.9. The van der Waals surface area contributed by atoms with Gasteiger partial charge in [0.2, 0.25) is 0 Å². The average Bonchev–Trinajstić information content (AvgIpc) is 2.28. The van der Waals surface area contributed by atoms with Gasteiger partial charge in [-0.05, 0) is 36.6 Å². The van der Waals surface area contributed by atoms with Crippen LogP contribution in [0.15, 0.2) is 22.7 Å². The molecule has 1 atom stereocenters. The summed E-state index contributed by atoms with van der Waals surface area (Å²) in [7, 11) is 0. The Kier molecular flexibility index (Phi) is 3.62. The standard InChI is InChI=1S/C13H13BrO3/c1-2-17-13(16)12-10-7-9(14)5-3-8(10)4-6-11(12)15/h3,5,7,12H,2,4,6H2,1H3. The van der Waals surface area contributed by atoms with Crippen molar-refractivity contribution in [1.29, 1.82) is 0 Å². The number of Topliss-reactive ketones (excluding diaryl/α,β-unsaturated/α-hetero) is 1. The molecule has 1 aliphatic carbocycles. The van der Waals surface area contributed by atoms with E-state index in [1.807, 2.05) is 18.2 Å². The number of ketones is 1. The molecular weight excluding hydrogens is 284 g/mol. The lowest BCUT2D eigenvalue weighted by Crippen LogP contribution is -2.28. The zero-order chi connectivity index (χ0) is 12.4. The van der Waals surface area contributed by atoms with Crippen LogP contribution in [0.1, 0.15) is 30.4 Å². The van der Waals surface area contributed by atoms with Gasteiger partial charge in [0.1, 0.15) is 5.92 Å². The van der Waals surface area contributed by atoms with Gasteiger partial charge >= 0.3 is 5.97 Å². The van der Waals surface area contributed by atoms with Gasteiger partial charge in [0.25, 0.3) is 0 Å². The summed E-state index contributed by atoms with van der Waals surface area (Å²) in [4.78, 5) is 23.7. The first-order valence-electron chi connectivity index (χ1n) is 5.61. The summed E-state index contributed by atoms with van der Waals surface area (Å²) >= 11 is 3.36. The van der Waals surface area contributed by atoms with Gasteiger partial charge in [-0.15, -0.1) is 0 Å². The van der Waals surface area contributed by atoms with Crippen LogP contribution in [0.3, 0.4) is 0 Å². The lowest BCUT2D eigenvalue weighted by Gasteiger charge is -2.23. The van der Waals surface area contributed by atoms with Crippen molar-refractivity contribution in [3.63, 3.8) is 0 Å². The number of hydrogen-bond donors (Lipinski definition) is 0. The molecule has 0 saturated carbocycles. The minimum atomic E-state index is -0.740. The van der Waals surface area contributed by atoms with E-state index in [0.717, 1.165) is 15.6 Å². The molecule has 1 unspecified atom stereocenters. The molecule has 0 aliphatic heterocycles. The minimum absolute atomic E-state index is 0.0472. The lowest BCUT2D eigenvalue weighted by molar-refractivity contribution is -0.148. The molecule has 0 radical (unpaired) electrons. The molecular formula is C13H13BrO3. The molecule has 0 fully saturated rings. The Labute approximate surface area is 108 Å². The van der Waals surface area contributed by atoms with E-state index in [1.54, 1.807) is 6.92 Å². The molecule has 0 aromatic heterocycles. The average molecular weight is 297 g/mol. The molecule has 0 heterocycles. The van der Waals surface area contributed by atoms with Gasteiger partial charge in [-0.3, -0.25) is 9.59 Å². The van der Waals surface area contributed by atoms with Gasteiger partial charge in [-0.2, -0.15) is 0 Å². The van der Waals surface area contributed by atoms with E-state index in [-0.39, 0.29) is 5.78 Å². The number of rotatable bonds is 2. The molecule has 1 aromatic carbocycles. The van der Waals surface area contributed by atoms with Gasteiger partial charge in [-0.25, -0.2) is 0 Å². The Morgan fingerprint density at radius 2 is 2.24 bits per heavy atom. The molecule has 1 aromatic rings. The first-order valence-corrected chi connectivity index (χ1v) is 6.40. The Morgan fingerprint density at radius 3 is 2.94 bits per heavy atom. The number of benzene rings is 1. The zero-order valence-corrected chi connectivity index (χ0v) is 11.1. The van der Waals surface area contributed by atoms with E-state index in [2.05, 4.69) is 15.9 Å². The van der Waals surface area contributed by atoms with E-state index >= 15 is 0 Å². The van der Waals surface area contributed by atoms with Crippen molar-refractivity contribution in [2.75, 3.05) is 6.61 Å². The molecule has 0 spiro atoms. The third-order valence-electron chi connectivity index (χ3n) is 2.90. The maximum atomic E-state index is 11.9. The first-order chi connectivity index (χ1) is 8.13. The van der Waals surface area contributed by atoms with Crippen LogP contribution in [-0.4, -0.2) is 18.4 Å². The van der Waals surface area contributed by atoms with Crippen molar-refractivity contribution < 1.29 is 14.3 Å². The number of carbonyl (C=O) groups is 2. The fraction of sp³-hybridized carbons (Fsp3) is 0.385. The molecule has 0 amide bonds. The highest BCUT2D eigenvalue weighted by Crippen LogP contribution is 2.32. The predicted molar refractivity (Wildman–Crippen MR) is 66.8 cm³/mol. The Bertz CT molecular complexity index is 468. The first kappa shape index (κ1) is 12.3. The third kappa shape index (κ3) is 2.41. The van der Waals surface area contributed by atoms with Crippen LogP contribution in [-0.2, 0) is 20.7 Å². The maximum Gasteiger partial charge on any atom is 0.321 e. The van der Waals surface area contributed by atoms with Crippen LogP contribution in [0.4, 0.5) is 0 Å². The fourth-order valence-corrected chi connectivity index (χ4v) is 2.50. The van der Waals surface area contributed by atoms with Gasteiger partial charge in [0.05, 0.1) is 6.61 Å². The topological polar surface area (TPSA) is 43.4 Å². The molecule has 4 heteroatoms. The van der Waals surface area contributed by atoms with Crippen molar-refractivity contribution in [1.82, 2.24) is 0 Å². The smallest absolute Gasteiger partial charge is 0.321 e. The van der Waals surface area contributed by atoms with E-state index in [4.69, 9.17) is 4.74 Å². The molecule has 0 N–H and O–H groups in total. The van der Waals surface area contributed by atoms with Crippen molar-refractivity contribution in [2.24, 2.45) is 0 Å². The van der Waals surface area contributed by atoms with Crippen molar-refractivity contribution in [3.05, 3.63) is 33.8 Å². The van der Waals surface area contributed by atoms with E-state index in [9.17, 15) is 9.59 Å². The maximum absolute atomic E-state index is 11.9. The predicted octanol–water partition coefficient (Wildman–Crippen LogP) is 2.61. The van der Waals surface area contributed by atoms with Crippen molar-refractivity contribution in [2.45, 2.75) is 25.7 Å². The number of esters is 1. The minimum Gasteiger partial charge on any atom is -0.465 e. The number of ether oxygens (including phenoxy) is 1. The second-order valence-electron chi connectivity index (χ2n) is 3.99.